The van der Waals surface area contributed by atoms with Crippen LogP contribution in [0.2, 0.25) is 0 Å². The van der Waals surface area contributed by atoms with E-state index in [1.807, 2.05) is 18.2 Å². The number of pyridine rings is 1. The molecule has 0 radical (unpaired) electrons. The second kappa shape index (κ2) is 10.4. The minimum atomic E-state index is -1.11. The maximum Gasteiger partial charge on any atom is 0.410 e. The third kappa shape index (κ3) is 5.47. The minimum absolute atomic E-state index is 0.102. The van der Waals surface area contributed by atoms with Crippen molar-refractivity contribution in [2.24, 2.45) is 0 Å². The number of methoxy groups -OCH3 is 1. The Morgan fingerprint density at radius 3 is 2.74 bits per heavy atom. The van der Waals surface area contributed by atoms with Crippen LogP contribution < -0.4 is 10.1 Å². The van der Waals surface area contributed by atoms with E-state index in [2.05, 4.69) is 25.1 Å². The van der Waals surface area contributed by atoms with Crippen LogP contribution in [-0.4, -0.2) is 67.6 Å². The maximum absolute atomic E-state index is 13.3. The number of aryl methyl sites for hydroxylation is 1. The highest BCUT2D eigenvalue weighted by Crippen LogP contribution is 2.29. The number of nitrogens with zero attached hydrogens (tertiary/aromatic N) is 5. The smallest absolute Gasteiger partial charge is 0.410 e. The Bertz CT molecular complexity index is 1360. The van der Waals surface area contributed by atoms with E-state index in [9.17, 15) is 14.7 Å². The number of amides is 2. The van der Waals surface area contributed by atoms with E-state index in [1.54, 1.807) is 30.9 Å². The largest absolute Gasteiger partial charge is 0.496 e. The fraction of sp³-hybridized carbons (Fsp3) is 0.444. The van der Waals surface area contributed by atoms with Gasteiger partial charge in [0.1, 0.15) is 29.7 Å². The Kier molecular flexibility index (Phi) is 7.02. The predicted molar refractivity (Wildman–Crippen MR) is 139 cm³/mol. The molecule has 11 nitrogen and oxygen atoms in total. The molecule has 4 heterocycles. The van der Waals surface area contributed by atoms with Crippen molar-refractivity contribution in [3.8, 4) is 17.3 Å². The van der Waals surface area contributed by atoms with Gasteiger partial charge in [0.05, 0.1) is 18.3 Å². The Hall–Kier alpha value is -3.99. The summed E-state index contributed by atoms with van der Waals surface area (Å²) in [6.45, 7) is 4.66. The summed E-state index contributed by atoms with van der Waals surface area (Å²) in [7, 11) is 1.52. The number of carbonyl (C=O) groups excluding carboxylic acids is 2. The van der Waals surface area contributed by atoms with Crippen LogP contribution in [0.4, 0.5) is 10.6 Å². The number of hydrogen-bond acceptors (Lipinski definition) is 8. The van der Waals surface area contributed by atoms with Crippen LogP contribution in [-0.2, 0) is 30.7 Å². The number of nitrogens with one attached hydrogen (secondary N) is 1. The zero-order valence-corrected chi connectivity index (χ0v) is 21.9. The molecule has 1 aromatic carbocycles. The number of aromatic nitrogens is 4. The predicted octanol–water partition coefficient (Wildman–Crippen LogP) is 3.20. The van der Waals surface area contributed by atoms with E-state index in [4.69, 9.17) is 9.47 Å². The maximum atomic E-state index is 13.3. The molecule has 0 aliphatic carbocycles. The first-order chi connectivity index (χ1) is 18.2. The lowest BCUT2D eigenvalue weighted by molar-refractivity contribution is -0.00487. The molecule has 2 aromatic heterocycles. The van der Waals surface area contributed by atoms with E-state index in [1.165, 1.54) is 7.11 Å². The summed E-state index contributed by atoms with van der Waals surface area (Å²) in [4.78, 5) is 32.1. The molecule has 2 N–H and O–H groups in total. The van der Waals surface area contributed by atoms with Gasteiger partial charge in [-0.25, -0.2) is 9.78 Å². The van der Waals surface area contributed by atoms with Crippen LogP contribution in [0.25, 0.3) is 11.5 Å². The van der Waals surface area contributed by atoms with Gasteiger partial charge in [-0.05, 0) is 68.5 Å². The normalized spacial score (nSPS) is 14.9. The fourth-order valence-corrected chi connectivity index (χ4v) is 4.73. The van der Waals surface area contributed by atoms with Crippen LogP contribution in [0.15, 0.2) is 30.3 Å². The summed E-state index contributed by atoms with van der Waals surface area (Å²) in [6.07, 6.45) is 3.16. The Morgan fingerprint density at radius 1 is 1.11 bits per heavy atom. The topological polar surface area (TPSA) is 132 Å². The number of carbonyl (C=O) groups is 2. The molecule has 2 amide bonds. The van der Waals surface area contributed by atoms with Gasteiger partial charge in [-0.15, -0.1) is 10.2 Å². The van der Waals surface area contributed by atoms with Crippen molar-refractivity contribution in [2.45, 2.75) is 58.2 Å². The molecule has 0 saturated carbocycles. The Balaban J connectivity index is 1.34. The Labute approximate surface area is 220 Å². The molecule has 0 atom stereocenters. The van der Waals surface area contributed by atoms with Crippen LogP contribution in [0.5, 0.6) is 5.75 Å². The lowest BCUT2D eigenvalue weighted by atomic mass is 9.96. The standard InChI is InChI=1S/C27H32N6O5/c1-27(2,36)16-38-26(35)32-12-10-17-14-21(37-3)19(13-18(17)15-32)25(34)29-22-8-6-7-20(28-22)24-31-30-23-9-4-5-11-33(23)24/h6-8,13-14,36H,4-5,9-12,15-16H2,1-3H3,(H,28,29,34). The van der Waals surface area contributed by atoms with Gasteiger partial charge in [-0.3, -0.25) is 4.79 Å². The average molecular weight is 521 g/mol. The zero-order valence-electron chi connectivity index (χ0n) is 21.9. The molecule has 0 spiro atoms. The number of benzene rings is 1. The number of aliphatic hydroxyl groups is 1. The molecule has 200 valence electrons. The van der Waals surface area contributed by atoms with Crippen LogP contribution in [0.1, 0.15) is 54.0 Å². The molecule has 3 aromatic rings. The summed E-state index contributed by atoms with van der Waals surface area (Å²) >= 11 is 0. The third-order valence-corrected chi connectivity index (χ3v) is 6.66. The SMILES string of the molecule is COc1cc2c(cc1C(=O)Nc1cccc(-c3nnc4n3CCCC4)n1)CN(C(=O)OCC(C)(C)O)CC2. The minimum Gasteiger partial charge on any atom is -0.496 e. The van der Waals surface area contributed by atoms with Gasteiger partial charge in [0.2, 0.25) is 0 Å². The van der Waals surface area contributed by atoms with Crippen molar-refractivity contribution in [1.29, 1.82) is 0 Å². The summed E-state index contributed by atoms with van der Waals surface area (Å²) in [6, 6.07) is 8.99. The third-order valence-electron chi connectivity index (χ3n) is 6.66. The van der Waals surface area contributed by atoms with Gasteiger partial charge in [0.15, 0.2) is 5.82 Å². The van der Waals surface area contributed by atoms with Gasteiger partial charge < -0.3 is 29.4 Å². The highest BCUT2D eigenvalue weighted by Gasteiger charge is 2.27. The lowest BCUT2D eigenvalue weighted by Crippen LogP contribution is -2.39. The summed E-state index contributed by atoms with van der Waals surface area (Å²) in [5.41, 5.74) is 1.70. The molecule has 0 saturated heterocycles. The van der Waals surface area contributed by atoms with E-state index >= 15 is 0 Å². The van der Waals surface area contributed by atoms with Gasteiger partial charge in [-0.2, -0.15) is 0 Å². The van der Waals surface area contributed by atoms with Crippen molar-refractivity contribution in [2.75, 3.05) is 25.6 Å². The molecule has 0 unspecified atom stereocenters. The first kappa shape index (κ1) is 25.7. The molecule has 0 bridgehead atoms. The molecule has 2 aliphatic rings. The molecule has 38 heavy (non-hydrogen) atoms. The average Bonchev–Trinajstić information content (AvgIpc) is 3.34. The van der Waals surface area contributed by atoms with Gasteiger partial charge in [-0.1, -0.05) is 6.07 Å². The van der Waals surface area contributed by atoms with E-state index < -0.39 is 11.7 Å². The molecular formula is C27H32N6O5. The fourth-order valence-electron chi connectivity index (χ4n) is 4.73. The number of anilines is 1. The Morgan fingerprint density at radius 2 is 1.95 bits per heavy atom. The molecule has 11 heteroatoms. The summed E-state index contributed by atoms with van der Waals surface area (Å²) in [5, 5.41) is 21.4. The lowest BCUT2D eigenvalue weighted by Gasteiger charge is -2.30. The second-order valence-corrected chi connectivity index (χ2v) is 10.3. The highest BCUT2D eigenvalue weighted by atomic mass is 16.6. The monoisotopic (exact) mass is 520 g/mol. The summed E-state index contributed by atoms with van der Waals surface area (Å²) < 4.78 is 12.9. The van der Waals surface area contributed by atoms with E-state index in [0.29, 0.717) is 41.6 Å². The van der Waals surface area contributed by atoms with E-state index in [-0.39, 0.29) is 19.1 Å². The number of fused-ring (bicyclic) bond motifs is 2. The van der Waals surface area contributed by atoms with Crippen molar-refractivity contribution >= 4 is 17.8 Å². The van der Waals surface area contributed by atoms with Gasteiger partial charge >= 0.3 is 6.09 Å². The molecule has 5 rings (SSSR count). The first-order valence-electron chi connectivity index (χ1n) is 12.8. The van der Waals surface area contributed by atoms with Crippen LogP contribution in [0, 0.1) is 0 Å². The molecule has 0 fully saturated rings. The summed E-state index contributed by atoms with van der Waals surface area (Å²) in [5.74, 6) is 2.11. The van der Waals surface area contributed by atoms with Crippen LogP contribution in [0.3, 0.4) is 0 Å². The number of hydrogen-bond donors (Lipinski definition) is 2. The van der Waals surface area contributed by atoms with Gasteiger partial charge in [0.25, 0.3) is 5.91 Å². The highest BCUT2D eigenvalue weighted by molar-refractivity contribution is 6.06. The number of rotatable bonds is 6. The van der Waals surface area contributed by atoms with E-state index in [0.717, 1.165) is 42.8 Å². The second-order valence-electron chi connectivity index (χ2n) is 10.3. The van der Waals surface area contributed by atoms with Crippen molar-refractivity contribution in [3.05, 3.63) is 52.8 Å². The van der Waals surface area contributed by atoms with Crippen molar-refractivity contribution < 1.29 is 24.2 Å². The molecular weight excluding hydrogens is 488 g/mol. The first-order valence-corrected chi connectivity index (χ1v) is 12.8. The zero-order chi connectivity index (χ0) is 26.9. The quantitative estimate of drug-likeness (QED) is 0.507. The number of ether oxygens (including phenoxy) is 2. The molecule has 2 aliphatic heterocycles. The van der Waals surface area contributed by atoms with Gasteiger partial charge in [0, 0.05) is 26.1 Å². The van der Waals surface area contributed by atoms with Crippen LogP contribution >= 0.6 is 0 Å². The van der Waals surface area contributed by atoms with Crippen molar-refractivity contribution in [1.82, 2.24) is 24.6 Å². The van der Waals surface area contributed by atoms with Crippen molar-refractivity contribution in [3.63, 3.8) is 0 Å².